The fourth-order valence-corrected chi connectivity index (χ4v) is 3.44. The van der Waals surface area contributed by atoms with E-state index in [0.29, 0.717) is 31.0 Å². The Morgan fingerprint density at radius 1 is 1.12 bits per heavy atom. The molecule has 0 fully saturated rings. The Morgan fingerprint density at radius 2 is 1.71 bits per heavy atom. The number of rotatable bonds is 9. The summed E-state index contributed by atoms with van der Waals surface area (Å²) in [6.45, 7) is 5.39. The van der Waals surface area contributed by atoms with E-state index in [1.807, 2.05) is 13.8 Å². The summed E-state index contributed by atoms with van der Waals surface area (Å²) in [6.07, 6.45) is 0.800. The van der Waals surface area contributed by atoms with E-state index >= 15 is 0 Å². The van der Waals surface area contributed by atoms with Crippen molar-refractivity contribution in [2.75, 3.05) is 25.4 Å². The number of halogens is 1. The van der Waals surface area contributed by atoms with Crippen LogP contribution < -0.4 is 5.32 Å². The summed E-state index contributed by atoms with van der Waals surface area (Å²) in [5, 5.41) is 2.96. The molecule has 0 radical (unpaired) electrons. The van der Waals surface area contributed by atoms with E-state index in [1.54, 1.807) is 4.90 Å². The number of nitrogens with one attached hydrogen (secondary N) is 1. The average molecular weight is 375 g/mol. The molecule has 0 heterocycles. The van der Waals surface area contributed by atoms with Gasteiger partial charge in [-0.1, -0.05) is 11.6 Å². The lowest BCUT2D eigenvalue weighted by Gasteiger charge is -2.18. The van der Waals surface area contributed by atoms with Crippen LogP contribution in [0.2, 0.25) is 5.02 Å². The maximum absolute atomic E-state index is 12.1. The highest BCUT2D eigenvalue weighted by molar-refractivity contribution is 7.92. The van der Waals surface area contributed by atoms with Crippen molar-refractivity contribution in [2.45, 2.75) is 31.6 Å². The molecule has 0 aromatic heterocycles. The summed E-state index contributed by atoms with van der Waals surface area (Å²) < 4.78 is 24.2. The van der Waals surface area contributed by atoms with Gasteiger partial charge in [-0.05, 0) is 44.5 Å². The van der Waals surface area contributed by atoms with E-state index in [9.17, 15) is 18.0 Å². The molecule has 1 aromatic carbocycles. The number of carbonyl (C=O) groups excluding carboxylic acids is 2. The normalized spacial score (nSPS) is 11.1. The molecule has 2 amide bonds. The summed E-state index contributed by atoms with van der Waals surface area (Å²) in [5.74, 6) is -1.18. The molecule has 0 bridgehead atoms. The quantitative estimate of drug-likeness (QED) is 0.669. The zero-order chi connectivity index (χ0) is 18.2. The SMILES string of the molecule is CCN(CC)C(=O)CCCNC(=O)CS(=O)(=O)c1ccc(Cl)cc1. The Balaban J connectivity index is 2.41. The van der Waals surface area contributed by atoms with Crippen LogP contribution in [0.3, 0.4) is 0 Å². The van der Waals surface area contributed by atoms with Crippen LogP contribution in [0.25, 0.3) is 0 Å². The lowest BCUT2D eigenvalue weighted by Crippen LogP contribution is -2.33. The van der Waals surface area contributed by atoms with Crippen LogP contribution in [0.15, 0.2) is 29.2 Å². The minimum Gasteiger partial charge on any atom is -0.355 e. The summed E-state index contributed by atoms with van der Waals surface area (Å²) in [7, 11) is -3.70. The van der Waals surface area contributed by atoms with Gasteiger partial charge in [-0.15, -0.1) is 0 Å². The predicted octanol–water partition coefficient (Wildman–Crippen LogP) is 1.88. The number of hydrogen-bond donors (Lipinski definition) is 1. The highest BCUT2D eigenvalue weighted by Crippen LogP contribution is 2.15. The number of nitrogens with zero attached hydrogens (tertiary/aromatic N) is 1. The largest absolute Gasteiger partial charge is 0.355 e. The maximum Gasteiger partial charge on any atom is 0.235 e. The second-order valence-electron chi connectivity index (χ2n) is 5.23. The van der Waals surface area contributed by atoms with Gasteiger partial charge in [-0.2, -0.15) is 0 Å². The Morgan fingerprint density at radius 3 is 2.25 bits per heavy atom. The van der Waals surface area contributed by atoms with Crippen molar-refractivity contribution in [1.29, 1.82) is 0 Å². The summed E-state index contributed by atoms with van der Waals surface area (Å²) >= 11 is 5.72. The average Bonchev–Trinajstić information content (AvgIpc) is 2.52. The van der Waals surface area contributed by atoms with E-state index < -0.39 is 21.5 Å². The van der Waals surface area contributed by atoms with Gasteiger partial charge in [0.05, 0.1) is 4.90 Å². The molecule has 1 aromatic rings. The zero-order valence-corrected chi connectivity index (χ0v) is 15.5. The van der Waals surface area contributed by atoms with Crippen molar-refractivity contribution >= 4 is 33.3 Å². The molecule has 0 saturated heterocycles. The highest BCUT2D eigenvalue weighted by atomic mass is 35.5. The second kappa shape index (κ2) is 9.64. The first-order valence-corrected chi connectivity index (χ1v) is 9.86. The summed E-state index contributed by atoms with van der Waals surface area (Å²) in [6, 6.07) is 5.66. The van der Waals surface area contributed by atoms with Crippen LogP contribution in [0, 0.1) is 0 Å². The van der Waals surface area contributed by atoms with E-state index in [-0.39, 0.29) is 17.3 Å². The van der Waals surface area contributed by atoms with Crippen molar-refractivity contribution in [1.82, 2.24) is 10.2 Å². The summed E-state index contributed by atoms with van der Waals surface area (Å²) in [5.41, 5.74) is 0. The Bertz CT molecular complexity index is 655. The molecule has 0 aliphatic carbocycles. The molecule has 24 heavy (non-hydrogen) atoms. The summed E-state index contributed by atoms with van der Waals surface area (Å²) in [4.78, 5) is 25.3. The molecule has 1 N–H and O–H groups in total. The molecular weight excluding hydrogens is 352 g/mol. The number of benzene rings is 1. The second-order valence-corrected chi connectivity index (χ2v) is 7.66. The third kappa shape index (κ3) is 6.49. The van der Waals surface area contributed by atoms with Gasteiger partial charge in [0.2, 0.25) is 11.8 Å². The van der Waals surface area contributed by atoms with E-state index in [0.717, 1.165) is 0 Å². The van der Waals surface area contributed by atoms with Gasteiger partial charge in [-0.3, -0.25) is 9.59 Å². The molecule has 8 heteroatoms. The molecule has 6 nitrogen and oxygen atoms in total. The predicted molar refractivity (Wildman–Crippen MR) is 93.7 cm³/mol. The van der Waals surface area contributed by atoms with E-state index in [1.165, 1.54) is 24.3 Å². The standard InChI is InChI=1S/C16H23ClN2O4S/c1-3-19(4-2)16(21)6-5-11-18-15(20)12-24(22,23)14-9-7-13(17)8-10-14/h7-10H,3-6,11-12H2,1-2H3,(H,18,20). The van der Waals surface area contributed by atoms with Crippen LogP contribution >= 0.6 is 11.6 Å². The Labute approximate surface area is 148 Å². The third-order valence-electron chi connectivity index (χ3n) is 3.50. The molecule has 0 aliphatic heterocycles. The maximum atomic E-state index is 12.1. The molecule has 134 valence electrons. The lowest BCUT2D eigenvalue weighted by atomic mass is 10.2. The van der Waals surface area contributed by atoms with E-state index in [4.69, 9.17) is 11.6 Å². The van der Waals surface area contributed by atoms with Gasteiger partial charge in [0.15, 0.2) is 9.84 Å². The van der Waals surface area contributed by atoms with Gasteiger partial charge < -0.3 is 10.2 Å². The molecule has 0 unspecified atom stereocenters. The smallest absolute Gasteiger partial charge is 0.235 e. The topological polar surface area (TPSA) is 83.6 Å². The monoisotopic (exact) mass is 374 g/mol. The van der Waals surface area contributed by atoms with E-state index in [2.05, 4.69) is 5.32 Å². The van der Waals surface area contributed by atoms with Crippen molar-refractivity contribution in [3.63, 3.8) is 0 Å². The molecule has 0 saturated carbocycles. The first kappa shape index (κ1) is 20.4. The first-order valence-electron chi connectivity index (χ1n) is 7.83. The number of hydrogen-bond acceptors (Lipinski definition) is 4. The Kier molecular flexibility index (Phi) is 8.21. The van der Waals surface area contributed by atoms with Crippen molar-refractivity contribution < 1.29 is 18.0 Å². The lowest BCUT2D eigenvalue weighted by molar-refractivity contribution is -0.131. The molecule has 0 atom stereocenters. The minimum absolute atomic E-state index is 0.0306. The van der Waals surface area contributed by atoms with Gasteiger partial charge >= 0.3 is 0 Å². The first-order chi connectivity index (χ1) is 11.3. The van der Waals surface area contributed by atoms with Crippen LogP contribution in [0.5, 0.6) is 0 Å². The van der Waals surface area contributed by atoms with Crippen LogP contribution in [0.4, 0.5) is 0 Å². The third-order valence-corrected chi connectivity index (χ3v) is 5.38. The number of sulfone groups is 1. The minimum atomic E-state index is -3.70. The fourth-order valence-electron chi connectivity index (χ4n) is 2.15. The fraction of sp³-hybridized carbons (Fsp3) is 0.500. The van der Waals surface area contributed by atoms with Crippen molar-refractivity contribution in [2.24, 2.45) is 0 Å². The molecule has 0 aliphatic rings. The van der Waals surface area contributed by atoms with Crippen LogP contribution in [-0.2, 0) is 19.4 Å². The molecular formula is C16H23ClN2O4S. The molecule has 0 spiro atoms. The number of amides is 2. The van der Waals surface area contributed by atoms with Crippen molar-refractivity contribution in [3.05, 3.63) is 29.3 Å². The van der Waals surface area contributed by atoms with Crippen molar-refractivity contribution in [3.8, 4) is 0 Å². The van der Waals surface area contributed by atoms with Crippen LogP contribution in [-0.4, -0.2) is 50.5 Å². The van der Waals surface area contributed by atoms with Gasteiger partial charge in [0.1, 0.15) is 5.75 Å². The van der Waals surface area contributed by atoms with Gasteiger partial charge in [0, 0.05) is 31.1 Å². The highest BCUT2D eigenvalue weighted by Gasteiger charge is 2.19. The molecule has 1 rings (SSSR count). The van der Waals surface area contributed by atoms with Crippen LogP contribution in [0.1, 0.15) is 26.7 Å². The van der Waals surface area contributed by atoms with Gasteiger partial charge in [-0.25, -0.2) is 8.42 Å². The zero-order valence-electron chi connectivity index (χ0n) is 13.9. The van der Waals surface area contributed by atoms with Gasteiger partial charge in [0.25, 0.3) is 0 Å². The number of carbonyl (C=O) groups is 2. The Hall–Kier alpha value is -1.60.